The summed E-state index contributed by atoms with van der Waals surface area (Å²) >= 11 is 0. The Bertz CT molecular complexity index is 432. The second-order valence-electron chi connectivity index (χ2n) is 4.44. The highest BCUT2D eigenvalue weighted by atomic mass is 16.8. The van der Waals surface area contributed by atoms with Gasteiger partial charge in [-0.2, -0.15) is 0 Å². The molecule has 19 heavy (non-hydrogen) atoms. The number of nitrogens with zero attached hydrogens (tertiary/aromatic N) is 1. The van der Waals surface area contributed by atoms with Gasteiger partial charge in [-0.3, -0.25) is 4.79 Å². The highest BCUT2D eigenvalue weighted by Gasteiger charge is 2.18. The summed E-state index contributed by atoms with van der Waals surface area (Å²) in [5.41, 5.74) is 0.908. The van der Waals surface area contributed by atoms with Crippen molar-refractivity contribution < 1.29 is 19.2 Å². The van der Waals surface area contributed by atoms with Crippen LogP contribution >= 0.6 is 0 Å². The molecular weight excluding hydrogens is 246 g/mol. The Hall–Kier alpha value is -1.88. The van der Waals surface area contributed by atoms with E-state index in [0.717, 1.165) is 5.56 Å². The first kappa shape index (κ1) is 13.5. The minimum atomic E-state index is -0.724. The number of hydrogen-bond donors (Lipinski definition) is 0. The SMILES string of the molecule is O=C1CCCN(OC(=O)OCc2ccccc2)CC1. The average Bonchev–Trinajstić information content (AvgIpc) is 2.63. The number of Topliss-reactive ketones (excluding diaryl/α,β-unsaturated/α-hetero) is 1. The van der Waals surface area contributed by atoms with Crippen LogP contribution in [0.15, 0.2) is 30.3 Å². The minimum absolute atomic E-state index is 0.187. The Morgan fingerprint density at radius 2 is 1.95 bits per heavy atom. The summed E-state index contributed by atoms with van der Waals surface area (Å²) in [6.07, 6.45) is 0.966. The van der Waals surface area contributed by atoms with Gasteiger partial charge in [0, 0.05) is 25.9 Å². The molecule has 0 saturated carbocycles. The highest BCUT2D eigenvalue weighted by Crippen LogP contribution is 2.08. The fraction of sp³-hybridized carbons (Fsp3) is 0.429. The van der Waals surface area contributed by atoms with Gasteiger partial charge in [-0.05, 0) is 12.0 Å². The van der Waals surface area contributed by atoms with Crippen molar-refractivity contribution in [2.24, 2.45) is 0 Å². The second kappa shape index (κ2) is 6.89. The molecule has 0 N–H and O–H groups in total. The molecule has 1 saturated heterocycles. The molecule has 0 aromatic heterocycles. The molecule has 1 fully saturated rings. The quantitative estimate of drug-likeness (QED) is 0.783. The van der Waals surface area contributed by atoms with Crippen molar-refractivity contribution in [1.29, 1.82) is 0 Å². The van der Waals surface area contributed by atoms with Crippen LogP contribution < -0.4 is 0 Å². The van der Waals surface area contributed by atoms with E-state index in [9.17, 15) is 9.59 Å². The van der Waals surface area contributed by atoms with Crippen molar-refractivity contribution in [1.82, 2.24) is 5.06 Å². The third kappa shape index (κ3) is 4.71. The molecule has 1 heterocycles. The number of rotatable bonds is 3. The molecule has 1 aliphatic rings. The molecule has 1 aliphatic heterocycles. The largest absolute Gasteiger partial charge is 0.528 e. The van der Waals surface area contributed by atoms with Crippen LogP contribution in [-0.2, 0) is 21.0 Å². The number of ether oxygens (including phenoxy) is 1. The number of hydrogen-bond acceptors (Lipinski definition) is 5. The molecule has 2 rings (SSSR count). The molecule has 102 valence electrons. The maximum absolute atomic E-state index is 11.5. The summed E-state index contributed by atoms with van der Waals surface area (Å²) < 4.78 is 5.01. The fourth-order valence-corrected chi connectivity index (χ4v) is 1.88. The number of carbonyl (C=O) groups is 2. The lowest BCUT2D eigenvalue weighted by Gasteiger charge is -2.17. The van der Waals surface area contributed by atoms with Crippen molar-refractivity contribution in [3.63, 3.8) is 0 Å². The molecule has 0 spiro atoms. The number of ketones is 1. The van der Waals surface area contributed by atoms with Gasteiger partial charge in [0.15, 0.2) is 0 Å². The van der Waals surface area contributed by atoms with Crippen molar-refractivity contribution in [2.45, 2.75) is 25.9 Å². The number of hydroxylamine groups is 2. The van der Waals surface area contributed by atoms with Gasteiger partial charge in [0.1, 0.15) is 12.4 Å². The smallest absolute Gasteiger partial charge is 0.428 e. The normalized spacial score (nSPS) is 16.7. The van der Waals surface area contributed by atoms with Crippen LogP contribution in [0.1, 0.15) is 24.8 Å². The predicted molar refractivity (Wildman–Crippen MR) is 68.1 cm³/mol. The molecule has 0 amide bonds. The van der Waals surface area contributed by atoms with Gasteiger partial charge >= 0.3 is 6.16 Å². The average molecular weight is 263 g/mol. The van der Waals surface area contributed by atoms with E-state index < -0.39 is 6.16 Å². The van der Waals surface area contributed by atoms with Crippen molar-refractivity contribution in [3.8, 4) is 0 Å². The van der Waals surface area contributed by atoms with E-state index in [1.165, 1.54) is 5.06 Å². The Kier molecular flexibility index (Phi) is 4.92. The maximum atomic E-state index is 11.5. The summed E-state index contributed by atoms with van der Waals surface area (Å²) in [5, 5.41) is 1.50. The van der Waals surface area contributed by atoms with E-state index in [4.69, 9.17) is 9.57 Å². The first-order valence-corrected chi connectivity index (χ1v) is 6.39. The molecule has 5 nitrogen and oxygen atoms in total. The van der Waals surface area contributed by atoms with E-state index in [-0.39, 0.29) is 12.4 Å². The number of benzene rings is 1. The molecule has 0 unspecified atom stereocenters. The molecule has 0 aliphatic carbocycles. The molecule has 1 aromatic rings. The zero-order chi connectivity index (χ0) is 13.5. The third-order valence-electron chi connectivity index (χ3n) is 2.91. The van der Waals surface area contributed by atoms with Crippen LogP contribution in [0.4, 0.5) is 4.79 Å². The Morgan fingerprint density at radius 1 is 1.16 bits per heavy atom. The van der Waals surface area contributed by atoms with E-state index in [1.807, 2.05) is 30.3 Å². The second-order valence-corrected chi connectivity index (χ2v) is 4.44. The molecule has 1 aromatic carbocycles. The Morgan fingerprint density at radius 3 is 2.74 bits per heavy atom. The number of carbonyl (C=O) groups excluding carboxylic acids is 2. The fourth-order valence-electron chi connectivity index (χ4n) is 1.88. The maximum Gasteiger partial charge on any atom is 0.528 e. The monoisotopic (exact) mass is 263 g/mol. The van der Waals surface area contributed by atoms with Gasteiger partial charge in [0.2, 0.25) is 0 Å². The molecular formula is C14H17NO4. The molecule has 0 atom stereocenters. The first-order valence-electron chi connectivity index (χ1n) is 6.39. The summed E-state index contributed by atoms with van der Waals surface area (Å²) in [7, 11) is 0. The van der Waals surface area contributed by atoms with Gasteiger partial charge in [0.25, 0.3) is 0 Å². The lowest BCUT2D eigenvalue weighted by atomic mass is 10.2. The predicted octanol–water partition coefficient (Wildman–Crippen LogP) is 2.31. The van der Waals surface area contributed by atoms with Gasteiger partial charge in [-0.1, -0.05) is 30.3 Å². The zero-order valence-corrected chi connectivity index (χ0v) is 10.7. The molecule has 0 bridgehead atoms. The Balaban J connectivity index is 1.73. The van der Waals surface area contributed by atoms with E-state index in [2.05, 4.69) is 0 Å². The van der Waals surface area contributed by atoms with Crippen molar-refractivity contribution in [2.75, 3.05) is 13.1 Å². The van der Waals surface area contributed by atoms with Crippen LogP contribution in [0, 0.1) is 0 Å². The molecule has 5 heteroatoms. The summed E-state index contributed by atoms with van der Waals surface area (Å²) in [6.45, 7) is 1.21. The zero-order valence-electron chi connectivity index (χ0n) is 10.7. The van der Waals surface area contributed by atoms with E-state index in [1.54, 1.807) is 0 Å². The van der Waals surface area contributed by atoms with E-state index in [0.29, 0.717) is 32.4 Å². The topological polar surface area (TPSA) is 55.8 Å². The van der Waals surface area contributed by atoms with Crippen molar-refractivity contribution >= 4 is 11.9 Å². The lowest BCUT2D eigenvalue weighted by Crippen LogP contribution is -2.28. The van der Waals surface area contributed by atoms with Crippen LogP contribution in [0.3, 0.4) is 0 Å². The lowest BCUT2D eigenvalue weighted by molar-refractivity contribution is -0.131. The first-order chi connectivity index (χ1) is 9.24. The summed E-state index contributed by atoms with van der Waals surface area (Å²) in [5.74, 6) is 0.212. The third-order valence-corrected chi connectivity index (χ3v) is 2.91. The van der Waals surface area contributed by atoms with Gasteiger partial charge in [0.05, 0.1) is 0 Å². The molecule has 0 radical (unpaired) electrons. The highest BCUT2D eigenvalue weighted by molar-refractivity contribution is 5.78. The van der Waals surface area contributed by atoms with Crippen molar-refractivity contribution in [3.05, 3.63) is 35.9 Å². The van der Waals surface area contributed by atoms with E-state index >= 15 is 0 Å². The summed E-state index contributed by atoms with van der Waals surface area (Å²) in [6, 6.07) is 9.40. The van der Waals surface area contributed by atoms with Crippen LogP contribution in [0.2, 0.25) is 0 Å². The standard InChI is InChI=1S/C14H17NO4/c16-13-7-4-9-15(10-8-13)19-14(17)18-11-12-5-2-1-3-6-12/h1-3,5-6H,4,7-11H2. The van der Waals surface area contributed by atoms with Gasteiger partial charge in [-0.25, -0.2) is 4.79 Å². The minimum Gasteiger partial charge on any atom is -0.428 e. The van der Waals surface area contributed by atoms with Crippen LogP contribution in [0.5, 0.6) is 0 Å². The summed E-state index contributed by atoms with van der Waals surface area (Å²) in [4.78, 5) is 27.8. The van der Waals surface area contributed by atoms with Gasteiger partial charge < -0.3 is 9.57 Å². The van der Waals surface area contributed by atoms with Crippen LogP contribution in [0.25, 0.3) is 0 Å². The Labute approximate surface area is 112 Å². The van der Waals surface area contributed by atoms with Crippen LogP contribution in [-0.4, -0.2) is 30.1 Å². The van der Waals surface area contributed by atoms with Gasteiger partial charge in [-0.15, -0.1) is 5.06 Å².